The maximum atomic E-state index is 5.38. The molecule has 0 bridgehead atoms. The van der Waals surface area contributed by atoms with Crippen molar-refractivity contribution in [1.29, 1.82) is 0 Å². The van der Waals surface area contributed by atoms with Gasteiger partial charge in [0.15, 0.2) is 5.82 Å². The zero-order chi connectivity index (χ0) is 22.0. The standard InChI is InChI=1S/C27H38N2O2/c1-3-5-6-7-8-9-10-11-13-24-15-17-26(18-16-24)27-28-22-25(23-29-27)14-12-19-31-21-20-30-4-2/h15-18,22-23H,3-11,13,19-21H2,1-2H3. The molecule has 168 valence electrons. The predicted octanol–water partition coefficient (Wildman–Crippen LogP) is 6.23. The van der Waals surface area contributed by atoms with Crippen molar-refractivity contribution >= 4 is 0 Å². The van der Waals surface area contributed by atoms with E-state index in [1.807, 2.05) is 6.92 Å². The Kier molecular flexibility index (Phi) is 13.3. The van der Waals surface area contributed by atoms with Gasteiger partial charge in [-0.1, -0.05) is 88.0 Å². The van der Waals surface area contributed by atoms with Gasteiger partial charge >= 0.3 is 0 Å². The minimum Gasteiger partial charge on any atom is -0.379 e. The molecule has 1 aromatic heterocycles. The lowest BCUT2D eigenvalue weighted by atomic mass is 10.0. The summed E-state index contributed by atoms with van der Waals surface area (Å²) in [4.78, 5) is 8.92. The third-order valence-electron chi connectivity index (χ3n) is 5.17. The van der Waals surface area contributed by atoms with Crippen molar-refractivity contribution in [2.75, 3.05) is 26.4 Å². The van der Waals surface area contributed by atoms with Crippen LogP contribution in [0, 0.1) is 11.8 Å². The first-order valence-electron chi connectivity index (χ1n) is 11.9. The monoisotopic (exact) mass is 422 g/mol. The van der Waals surface area contributed by atoms with Crippen LogP contribution < -0.4 is 0 Å². The van der Waals surface area contributed by atoms with E-state index >= 15 is 0 Å². The number of hydrogen-bond acceptors (Lipinski definition) is 4. The van der Waals surface area contributed by atoms with Gasteiger partial charge in [-0.25, -0.2) is 9.97 Å². The maximum Gasteiger partial charge on any atom is 0.159 e. The predicted molar refractivity (Wildman–Crippen MR) is 128 cm³/mol. The summed E-state index contributed by atoms with van der Waals surface area (Å²) in [6, 6.07) is 8.64. The average molecular weight is 423 g/mol. The molecule has 2 rings (SSSR count). The fraction of sp³-hybridized carbons (Fsp3) is 0.556. The molecule has 0 N–H and O–H groups in total. The lowest BCUT2D eigenvalue weighted by molar-refractivity contribution is 0.0662. The van der Waals surface area contributed by atoms with Gasteiger partial charge in [0, 0.05) is 24.6 Å². The average Bonchev–Trinajstić information content (AvgIpc) is 2.81. The number of benzene rings is 1. The number of aromatic nitrogens is 2. The summed E-state index contributed by atoms with van der Waals surface area (Å²) in [5.41, 5.74) is 3.23. The van der Waals surface area contributed by atoms with Crippen LogP contribution in [0.3, 0.4) is 0 Å². The molecule has 0 fully saturated rings. The molecule has 1 heterocycles. The third-order valence-corrected chi connectivity index (χ3v) is 5.17. The van der Waals surface area contributed by atoms with Crippen molar-refractivity contribution in [3.63, 3.8) is 0 Å². The topological polar surface area (TPSA) is 44.2 Å². The van der Waals surface area contributed by atoms with Crippen LogP contribution in [0.1, 0.15) is 76.3 Å². The summed E-state index contributed by atoms with van der Waals surface area (Å²) in [6.45, 7) is 6.50. The molecule has 0 aliphatic rings. The number of unbranched alkanes of at least 4 members (excludes halogenated alkanes) is 7. The lowest BCUT2D eigenvalue weighted by Gasteiger charge is -2.04. The smallest absolute Gasteiger partial charge is 0.159 e. The van der Waals surface area contributed by atoms with Crippen molar-refractivity contribution in [3.05, 3.63) is 47.8 Å². The summed E-state index contributed by atoms with van der Waals surface area (Å²) in [5.74, 6) is 6.74. The number of aryl methyl sites for hydroxylation is 1. The molecule has 0 saturated heterocycles. The lowest BCUT2D eigenvalue weighted by Crippen LogP contribution is -2.03. The van der Waals surface area contributed by atoms with Gasteiger partial charge in [-0.05, 0) is 25.3 Å². The SMILES string of the molecule is CCCCCCCCCCc1ccc(-c2ncc(C#CCOCCOCC)cn2)cc1. The van der Waals surface area contributed by atoms with E-state index in [9.17, 15) is 0 Å². The highest BCUT2D eigenvalue weighted by Gasteiger charge is 2.02. The van der Waals surface area contributed by atoms with Crippen molar-refractivity contribution in [2.45, 2.75) is 71.6 Å². The van der Waals surface area contributed by atoms with Gasteiger partial charge in [-0.3, -0.25) is 0 Å². The molecule has 4 heteroatoms. The van der Waals surface area contributed by atoms with Crippen LogP contribution in [0.5, 0.6) is 0 Å². The summed E-state index contributed by atoms with van der Waals surface area (Å²) in [5, 5.41) is 0. The zero-order valence-electron chi connectivity index (χ0n) is 19.4. The van der Waals surface area contributed by atoms with Gasteiger partial charge in [-0.15, -0.1) is 0 Å². The van der Waals surface area contributed by atoms with E-state index in [2.05, 4.69) is 53.0 Å². The van der Waals surface area contributed by atoms with Gasteiger partial charge in [0.2, 0.25) is 0 Å². The molecule has 0 unspecified atom stereocenters. The Balaban J connectivity index is 1.69. The summed E-state index contributed by atoms with van der Waals surface area (Å²) >= 11 is 0. The van der Waals surface area contributed by atoms with E-state index in [0.717, 1.165) is 23.4 Å². The van der Waals surface area contributed by atoms with E-state index in [4.69, 9.17) is 9.47 Å². The fourth-order valence-electron chi connectivity index (χ4n) is 3.35. The Morgan fingerprint density at radius 1 is 0.774 bits per heavy atom. The number of hydrogen-bond donors (Lipinski definition) is 0. The fourth-order valence-corrected chi connectivity index (χ4v) is 3.35. The van der Waals surface area contributed by atoms with E-state index in [-0.39, 0.29) is 0 Å². The Labute approximate surface area is 188 Å². The van der Waals surface area contributed by atoms with E-state index in [1.54, 1.807) is 12.4 Å². The van der Waals surface area contributed by atoms with Crippen LogP contribution in [0.2, 0.25) is 0 Å². The first-order valence-corrected chi connectivity index (χ1v) is 11.9. The van der Waals surface area contributed by atoms with Gasteiger partial charge in [-0.2, -0.15) is 0 Å². The second-order valence-electron chi connectivity index (χ2n) is 7.77. The summed E-state index contributed by atoms with van der Waals surface area (Å²) in [7, 11) is 0. The second-order valence-corrected chi connectivity index (χ2v) is 7.77. The van der Waals surface area contributed by atoms with E-state index in [0.29, 0.717) is 26.4 Å². The van der Waals surface area contributed by atoms with Crippen LogP contribution in [-0.2, 0) is 15.9 Å². The molecule has 0 amide bonds. The quantitative estimate of drug-likeness (QED) is 0.252. The first kappa shape index (κ1) is 25.0. The molecule has 4 nitrogen and oxygen atoms in total. The molecule has 0 radical (unpaired) electrons. The Morgan fingerprint density at radius 3 is 2.10 bits per heavy atom. The van der Waals surface area contributed by atoms with Gasteiger partial charge < -0.3 is 9.47 Å². The maximum absolute atomic E-state index is 5.38. The first-order chi connectivity index (χ1) is 15.3. The zero-order valence-corrected chi connectivity index (χ0v) is 19.4. The van der Waals surface area contributed by atoms with Crippen LogP contribution in [0.4, 0.5) is 0 Å². The second kappa shape index (κ2) is 16.5. The van der Waals surface area contributed by atoms with Crippen LogP contribution in [0.15, 0.2) is 36.7 Å². The van der Waals surface area contributed by atoms with Crippen molar-refractivity contribution in [1.82, 2.24) is 9.97 Å². The normalized spacial score (nSPS) is 10.6. The van der Waals surface area contributed by atoms with E-state index < -0.39 is 0 Å². The van der Waals surface area contributed by atoms with Gasteiger partial charge in [0.1, 0.15) is 6.61 Å². The Bertz CT molecular complexity index is 761. The number of nitrogens with zero attached hydrogens (tertiary/aromatic N) is 2. The van der Waals surface area contributed by atoms with Gasteiger partial charge in [0.25, 0.3) is 0 Å². The highest BCUT2D eigenvalue weighted by Crippen LogP contribution is 2.17. The molecule has 0 aliphatic heterocycles. The van der Waals surface area contributed by atoms with Crippen molar-refractivity contribution in [2.24, 2.45) is 0 Å². The Morgan fingerprint density at radius 2 is 1.42 bits per heavy atom. The van der Waals surface area contributed by atoms with Crippen molar-refractivity contribution < 1.29 is 9.47 Å². The molecule has 0 atom stereocenters. The van der Waals surface area contributed by atoms with Crippen LogP contribution in [-0.4, -0.2) is 36.4 Å². The third kappa shape index (κ3) is 11.1. The highest BCUT2D eigenvalue weighted by molar-refractivity contribution is 5.55. The molecular weight excluding hydrogens is 384 g/mol. The molecule has 0 saturated carbocycles. The molecular formula is C27H38N2O2. The van der Waals surface area contributed by atoms with Crippen molar-refractivity contribution in [3.8, 4) is 23.2 Å². The van der Waals surface area contributed by atoms with Crippen LogP contribution >= 0.6 is 0 Å². The molecule has 2 aromatic rings. The largest absolute Gasteiger partial charge is 0.379 e. The Hall–Kier alpha value is -2.22. The molecule has 31 heavy (non-hydrogen) atoms. The molecule has 1 aromatic carbocycles. The highest BCUT2D eigenvalue weighted by atomic mass is 16.5. The number of rotatable bonds is 15. The van der Waals surface area contributed by atoms with Crippen LogP contribution in [0.25, 0.3) is 11.4 Å². The summed E-state index contributed by atoms with van der Waals surface area (Å²) in [6.07, 6.45) is 15.5. The molecule has 0 spiro atoms. The van der Waals surface area contributed by atoms with E-state index in [1.165, 1.54) is 56.9 Å². The molecule has 0 aliphatic carbocycles. The minimum atomic E-state index is 0.384. The minimum absolute atomic E-state index is 0.384. The summed E-state index contributed by atoms with van der Waals surface area (Å²) < 4.78 is 10.6. The van der Waals surface area contributed by atoms with Gasteiger partial charge in [0.05, 0.1) is 18.8 Å². The number of ether oxygens (including phenoxy) is 2.